The number of para-hydroxylation sites is 2. The molecule has 178 valence electrons. The Morgan fingerprint density at radius 3 is 1.84 bits per heavy atom. The molecule has 1 aliphatic rings. The van der Waals surface area contributed by atoms with Gasteiger partial charge < -0.3 is 9.80 Å². The maximum Gasteiger partial charge on any atom is 0.262 e. The van der Waals surface area contributed by atoms with Crippen LogP contribution >= 0.6 is 0 Å². The fourth-order valence-electron chi connectivity index (χ4n) is 4.91. The van der Waals surface area contributed by atoms with Gasteiger partial charge in [-0.15, -0.1) is 0 Å². The number of hydrogen-bond acceptors (Lipinski definition) is 3. The van der Waals surface area contributed by atoms with Crippen molar-refractivity contribution in [3.8, 4) is 0 Å². The Morgan fingerprint density at radius 1 is 0.622 bits per heavy atom. The lowest BCUT2D eigenvalue weighted by atomic mass is 9.90. The van der Waals surface area contributed by atoms with Crippen molar-refractivity contribution >= 4 is 51.3 Å². The number of fused-ring (bicyclic) bond motifs is 3. The van der Waals surface area contributed by atoms with Gasteiger partial charge in [-0.1, -0.05) is 78.9 Å². The van der Waals surface area contributed by atoms with Crippen LogP contribution in [0.1, 0.15) is 15.9 Å². The molecule has 0 aliphatic carbocycles. The first kappa shape index (κ1) is 22.5. The molecule has 0 aromatic heterocycles. The number of anilines is 4. The summed E-state index contributed by atoms with van der Waals surface area (Å²) in [6.07, 6.45) is 1.70. The second kappa shape index (κ2) is 9.25. The Balaban J connectivity index is 1.40. The molecule has 5 aromatic carbocycles. The molecule has 0 bridgehead atoms. The maximum atomic E-state index is 13.6. The molecule has 0 N–H and O–H groups in total. The van der Waals surface area contributed by atoms with Crippen molar-refractivity contribution in [3.63, 3.8) is 0 Å². The summed E-state index contributed by atoms with van der Waals surface area (Å²) in [6, 6.07) is 39.8. The molecule has 0 fully saturated rings. The van der Waals surface area contributed by atoms with E-state index in [4.69, 9.17) is 0 Å². The molecule has 4 heteroatoms. The molecule has 1 aliphatic heterocycles. The Bertz CT molecular complexity index is 1620. The molecule has 0 unspecified atom stereocenters. The fourth-order valence-corrected chi connectivity index (χ4v) is 4.91. The normalized spacial score (nSPS) is 14.2. The van der Waals surface area contributed by atoms with Crippen LogP contribution in [0.2, 0.25) is 0 Å². The van der Waals surface area contributed by atoms with Crippen LogP contribution < -0.4 is 9.80 Å². The van der Waals surface area contributed by atoms with E-state index in [1.807, 2.05) is 97.1 Å². The lowest BCUT2D eigenvalue weighted by molar-refractivity contribution is -0.114. The van der Waals surface area contributed by atoms with Gasteiger partial charge >= 0.3 is 0 Å². The minimum Gasteiger partial charge on any atom is -0.311 e. The first-order valence-corrected chi connectivity index (χ1v) is 12.2. The number of benzene rings is 5. The minimum absolute atomic E-state index is 0.169. The smallest absolute Gasteiger partial charge is 0.262 e. The second-order valence-corrected chi connectivity index (χ2v) is 9.03. The highest BCUT2D eigenvalue weighted by molar-refractivity contribution is 6.39. The summed E-state index contributed by atoms with van der Waals surface area (Å²) in [5.74, 6) is -0.541. The van der Waals surface area contributed by atoms with E-state index >= 15 is 0 Å². The molecule has 5 aromatic rings. The van der Waals surface area contributed by atoms with Crippen molar-refractivity contribution in [2.75, 3.05) is 16.8 Å². The van der Waals surface area contributed by atoms with Gasteiger partial charge in [0.25, 0.3) is 5.91 Å². The van der Waals surface area contributed by atoms with Gasteiger partial charge in [-0.2, -0.15) is 0 Å². The van der Waals surface area contributed by atoms with Crippen LogP contribution in [0.4, 0.5) is 22.7 Å². The third-order valence-corrected chi connectivity index (χ3v) is 6.77. The van der Waals surface area contributed by atoms with Gasteiger partial charge in [0.05, 0.1) is 16.8 Å². The summed E-state index contributed by atoms with van der Waals surface area (Å²) in [6.45, 7) is 0. The standard InChI is InChI=1S/C33H24N2O2/c1-34-30-21-18-24-10-8-9-15-28(24)31(30)32(36)29(33(34)37)22-23-16-19-27(20-17-23)35(25-11-4-2-5-12-25)26-13-6-3-7-14-26/h2-22H,1H3/b29-22-. The number of Topliss-reactive ketones (excluding diaryl/α,β-unsaturated/α-hetero) is 1. The molecule has 0 saturated heterocycles. The van der Waals surface area contributed by atoms with Crippen LogP contribution in [0.5, 0.6) is 0 Å². The third kappa shape index (κ3) is 3.99. The molecular formula is C33H24N2O2. The van der Waals surface area contributed by atoms with Crippen LogP contribution in [-0.4, -0.2) is 18.7 Å². The van der Waals surface area contributed by atoms with Gasteiger partial charge in [-0.3, -0.25) is 9.59 Å². The fraction of sp³-hybridized carbons (Fsp3) is 0.0303. The van der Waals surface area contributed by atoms with Gasteiger partial charge in [-0.25, -0.2) is 0 Å². The van der Waals surface area contributed by atoms with E-state index in [1.165, 1.54) is 0 Å². The van der Waals surface area contributed by atoms with Gasteiger partial charge in [0.15, 0.2) is 0 Å². The zero-order chi connectivity index (χ0) is 25.4. The Morgan fingerprint density at radius 2 is 1.19 bits per heavy atom. The number of ketones is 1. The minimum atomic E-state index is -0.299. The molecule has 0 radical (unpaired) electrons. The SMILES string of the molecule is CN1C(=O)/C(=C\c2ccc(N(c3ccccc3)c3ccccc3)cc2)C(=O)c2c1ccc1ccccc21. The lowest BCUT2D eigenvalue weighted by Crippen LogP contribution is -2.36. The van der Waals surface area contributed by atoms with E-state index in [9.17, 15) is 9.59 Å². The van der Waals surface area contributed by atoms with E-state index in [0.29, 0.717) is 11.3 Å². The first-order chi connectivity index (χ1) is 18.1. The summed E-state index contributed by atoms with van der Waals surface area (Å²) in [5, 5.41) is 1.83. The lowest BCUT2D eigenvalue weighted by Gasteiger charge is -2.28. The summed E-state index contributed by atoms with van der Waals surface area (Å²) < 4.78 is 0. The molecule has 0 saturated carbocycles. The zero-order valence-electron chi connectivity index (χ0n) is 20.3. The second-order valence-electron chi connectivity index (χ2n) is 9.03. The summed E-state index contributed by atoms with van der Waals surface area (Å²) in [5.41, 5.74) is 5.24. The average molecular weight is 481 g/mol. The molecular weight excluding hydrogens is 456 g/mol. The average Bonchev–Trinajstić information content (AvgIpc) is 2.95. The van der Waals surface area contributed by atoms with E-state index in [1.54, 1.807) is 18.0 Å². The Hall–Kier alpha value is -4.96. The van der Waals surface area contributed by atoms with E-state index in [2.05, 4.69) is 29.2 Å². The quantitative estimate of drug-likeness (QED) is 0.197. The highest BCUT2D eigenvalue weighted by Crippen LogP contribution is 2.37. The van der Waals surface area contributed by atoms with Gasteiger partial charge in [0.1, 0.15) is 0 Å². The monoisotopic (exact) mass is 480 g/mol. The third-order valence-electron chi connectivity index (χ3n) is 6.77. The molecule has 0 atom stereocenters. The maximum absolute atomic E-state index is 13.6. The van der Waals surface area contributed by atoms with Crippen molar-refractivity contribution in [3.05, 3.63) is 138 Å². The topological polar surface area (TPSA) is 40.6 Å². The predicted molar refractivity (Wildman–Crippen MR) is 151 cm³/mol. The van der Waals surface area contributed by atoms with Crippen LogP contribution in [0.3, 0.4) is 0 Å². The number of nitrogens with zero attached hydrogens (tertiary/aromatic N) is 2. The Labute approximate surface area is 215 Å². The number of carbonyl (C=O) groups excluding carboxylic acids is 2. The van der Waals surface area contributed by atoms with Gasteiger partial charge in [0, 0.05) is 24.1 Å². The van der Waals surface area contributed by atoms with E-state index in [0.717, 1.165) is 33.4 Å². The molecule has 1 heterocycles. The molecule has 0 spiro atoms. The molecule has 4 nitrogen and oxygen atoms in total. The first-order valence-electron chi connectivity index (χ1n) is 12.2. The van der Waals surface area contributed by atoms with E-state index < -0.39 is 0 Å². The number of hydrogen-bond donors (Lipinski definition) is 0. The summed E-state index contributed by atoms with van der Waals surface area (Å²) >= 11 is 0. The molecule has 37 heavy (non-hydrogen) atoms. The number of carbonyl (C=O) groups is 2. The van der Waals surface area contributed by atoms with Crippen molar-refractivity contribution in [1.29, 1.82) is 0 Å². The van der Waals surface area contributed by atoms with Crippen LogP contribution in [0.15, 0.2) is 127 Å². The number of amides is 1. The number of rotatable bonds is 4. The van der Waals surface area contributed by atoms with Gasteiger partial charge in [0.2, 0.25) is 5.78 Å². The summed E-state index contributed by atoms with van der Waals surface area (Å²) in [4.78, 5) is 30.6. The molecule has 6 rings (SSSR count). The number of likely N-dealkylation sites (N-methyl/N-ethyl adjacent to an activating group) is 1. The van der Waals surface area contributed by atoms with Gasteiger partial charge in [-0.05, 0) is 64.9 Å². The largest absolute Gasteiger partial charge is 0.311 e. The Kier molecular flexibility index (Phi) is 5.62. The zero-order valence-corrected chi connectivity index (χ0v) is 20.3. The van der Waals surface area contributed by atoms with Crippen LogP contribution in [-0.2, 0) is 4.79 Å². The van der Waals surface area contributed by atoms with E-state index in [-0.39, 0.29) is 17.3 Å². The highest BCUT2D eigenvalue weighted by Gasteiger charge is 2.34. The van der Waals surface area contributed by atoms with Crippen LogP contribution in [0.25, 0.3) is 16.8 Å². The highest BCUT2D eigenvalue weighted by atomic mass is 16.2. The van der Waals surface area contributed by atoms with Crippen LogP contribution in [0, 0.1) is 0 Å². The van der Waals surface area contributed by atoms with Crippen molar-refractivity contribution in [2.45, 2.75) is 0 Å². The predicted octanol–water partition coefficient (Wildman–Crippen LogP) is 7.55. The molecule has 1 amide bonds. The van der Waals surface area contributed by atoms with Crippen molar-refractivity contribution in [2.24, 2.45) is 0 Å². The van der Waals surface area contributed by atoms with Crippen molar-refractivity contribution in [1.82, 2.24) is 0 Å². The summed E-state index contributed by atoms with van der Waals surface area (Å²) in [7, 11) is 1.72. The van der Waals surface area contributed by atoms with Crippen molar-refractivity contribution < 1.29 is 9.59 Å².